The number of halogens is 1. The third-order valence-corrected chi connectivity index (χ3v) is 4.14. The number of quaternary nitrogens is 1. The van der Waals surface area contributed by atoms with Crippen LogP contribution in [0.3, 0.4) is 0 Å². The second kappa shape index (κ2) is 9.20. The molecule has 3 amide bonds. The first-order valence-electron chi connectivity index (χ1n) is 8.25. The summed E-state index contributed by atoms with van der Waals surface area (Å²) in [5, 5.41) is 7.59. The molecule has 25 heavy (non-hydrogen) atoms. The molecule has 2 rings (SSSR count). The van der Waals surface area contributed by atoms with E-state index in [9.17, 15) is 9.59 Å². The number of hydrogen-bond acceptors (Lipinski definition) is 2. The number of benzene rings is 2. The number of amides is 3. The minimum Gasteiger partial charge on any atom is -0.338 e. The molecule has 132 valence electrons. The summed E-state index contributed by atoms with van der Waals surface area (Å²) in [5.41, 5.74) is 1.89. The lowest BCUT2D eigenvalue weighted by atomic mass is 10.0. The second-order valence-corrected chi connectivity index (χ2v) is 6.21. The van der Waals surface area contributed by atoms with Gasteiger partial charge in [-0.25, -0.2) is 4.79 Å². The number of rotatable bonds is 6. The Morgan fingerprint density at radius 2 is 1.68 bits per heavy atom. The van der Waals surface area contributed by atoms with Crippen LogP contribution < -0.4 is 16.0 Å². The molecule has 2 aromatic carbocycles. The molecular formula is C19H23ClN3O2+. The number of hydrogen-bond donors (Lipinski definition) is 3. The molecule has 4 N–H and O–H groups in total. The molecule has 0 saturated carbocycles. The Kier molecular flexibility index (Phi) is 6.98. The number of nitrogens with two attached hydrogens (primary N) is 1. The number of carbonyl (C=O) groups is 2. The maximum atomic E-state index is 12.6. The standard InChI is InChI=1S/C19H22ClN3O2/c1-3-21-19(25)23-18(24)17(15-7-5-4-6-8-15)22-13(2)14-9-11-16(20)12-10-14/h4-13,17,22H,3H2,1-2H3,(H2,21,23,24,25)/p+1/t13-,17+/m1/s1. The Morgan fingerprint density at radius 1 is 1.04 bits per heavy atom. The van der Waals surface area contributed by atoms with E-state index in [1.165, 1.54) is 0 Å². The second-order valence-electron chi connectivity index (χ2n) is 5.77. The van der Waals surface area contributed by atoms with Crippen molar-refractivity contribution in [2.75, 3.05) is 6.54 Å². The summed E-state index contributed by atoms with van der Waals surface area (Å²) in [6.45, 7) is 4.27. The van der Waals surface area contributed by atoms with Gasteiger partial charge in [-0.3, -0.25) is 10.1 Å². The molecule has 0 aromatic heterocycles. The van der Waals surface area contributed by atoms with Crippen molar-refractivity contribution in [1.29, 1.82) is 0 Å². The fraction of sp³-hybridized carbons (Fsp3) is 0.263. The number of imide groups is 1. The van der Waals surface area contributed by atoms with Crippen LogP contribution in [-0.2, 0) is 4.79 Å². The first kappa shape index (κ1) is 19.0. The highest BCUT2D eigenvalue weighted by Crippen LogP contribution is 2.16. The molecule has 0 spiro atoms. The molecule has 0 aliphatic rings. The minimum atomic E-state index is -0.533. The van der Waals surface area contributed by atoms with Crippen LogP contribution in [0.1, 0.15) is 37.1 Å². The molecule has 5 nitrogen and oxygen atoms in total. The fourth-order valence-electron chi connectivity index (χ4n) is 2.57. The highest BCUT2D eigenvalue weighted by atomic mass is 35.5. The Bertz CT molecular complexity index is 704. The minimum absolute atomic E-state index is 0.0162. The van der Waals surface area contributed by atoms with Crippen LogP contribution >= 0.6 is 11.6 Å². The van der Waals surface area contributed by atoms with E-state index in [0.717, 1.165) is 11.1 Å². The molecule has 0 aliphatic heterocycles. The van der Waals surface area contributed by atoms with Gasteiger partial charge in [0.1, 0.15) is 6.04 Å². The summed E-state index contributed by atoms with van der Waals surface area (Å²) in [4.78, 5) is 24.3. The lowest BCUT2D eigenvalue weighted by Gasteiger charge is -2.20. The van der Waals surface area contributed by atoms with Gasteiger partial charge < -0.3 is 10.6 Å². The Balaban J connectivity index is 2.18. The number of urea groups is 1. The van der Waals surface area contributed by atoms with Gasteiger partial charge in [-0.15, -0.1) is 0 Å². The molecule has 0 unspecified atom stereocenters. The van der Waals surface area contributed by atoms with Crippen LogP contribution in [0.5, 0.6) is 0 Å². The zero-order valence-electron chi connectivity index (χ0n) is 14.3. The van der Waals surface area contributed by atoms with Gasteiger partial charge in [0.15, 0.2) is 6.04 Å². The predicted molar refractivity (Wildman–Crippen MR) is 98.2 cm³/mol. The fourth-order valence-corrected chi connectivity index (χ4v) is 2.70. The third kappa shape index (κ3) is 5.59. The molecule has 6 heteroatoms. The molecule has 0 aliphatic carbocycles. The molecule has 0 heterocycles. The first-order valence-corrected chi connectivity index (χ1v) is 8.63. The maximum Gasteiger partial charge on any atom is 0.321 e. The average molecular weight is 361 g/mol. The molecule has 2 atom stereocenters. The third-order valence-electron chi connectivity index (χ3n) is 3.89. The first-order chi connectivity index (χ1) is 12.0. The highest BCUT2D eigenvalue weighted by Gasteiger charge is 2.28. The van der Waals surface area contributed by atoms with Crippen LogP contribution in [0.2, 0.25) is 5.02 Å². The van der Waals surface area contributed by atoms with Gasteiger partial charge in [0.2, 0.25) is 0 Å². The van der Waals surface area contributed by atoms with Gasteiger partial charge in [-0.2, -0.15) is 0 Å². The summed E-state index contributed by atoms with van der Waals surface area (Å²) < 4.78 is 0. The van der Waals surface area contributed by atoms with E-state index in [-0.39, 0.29) is 11.9 Å². The van der Waals surface area contributed by atoms with Gasteiger partial charge in [-0.1, -0.05) is 54.1 Å². The highest BCUT2D eigenvalue weighted by molar-refractivity contribution is 6.30. The average Bonchev–Trinajstić information content (AvgIpc) is 2.61. The normalized spacial score (nSPS) is 12.9. The zero-order valence-corrected chi connectivity index (χ0v) is 15.1. The Hall–Kier alpha value is -2.37. The van der Waals surface area contributed by atoms with Gasteiger partial charge in [0.05, 0.1) is 0 Å². The van der Waals surface area contributed by atoms with Crippen molar-refractivity contribution in [3.05, 3.63) is 70.7 Å². The van der Waals surface area contributed by atoms with Crippen molar-refractivity contribution in [3.63, 3.8) is 0 Å². The molecule has 0 radical (unpaired) electrons. The van der Waals surface area contributed by atoms with Gasteiger partial charge in [0.25, 0.3) is 5.91 Å². The van der Waals surface area contributed by atoms with Gasteiger partial charge >= 0.3 is 6.03 Å². The molecule has 0 saturated heterocycles. The molecule has 0 bridgehead atoms. The summed E-state index contributed by atoms with van der Waals surface area (Å²) >= 11 is 5.94. The van der Waals surface area contributed by atoms with E-state index >= 15 is 0 Å². The lowest BCUT2D eigenvalue weighted by Crippen LogP contribution is -2.88. The number of carbonyl (C=O) groups excluding carboxylic acids is 2. The Morgan fingerprint density at radius 3 is 2.28 bits per heavy atom. The van der Waals surface area contributed by atoms with Crippen molar-refractivity contribution in [3.8, 4) is 0 Å². The maximum absolute atomic E-state index is 12.6. The zero-order chi connectivity index (χ0) is 18.2. The van der Waals surface area contributed by atoms with Crippen LogP contribution in [0.25, 0.3) is 0 Å². The topological polar surface area (TPSA) is 74.8 Å². The SMILES string of the molecule is CCNC(=O)NC(=O)[C@@H]([NH2+][C@H](C)c1ccc(Cl)cc1)c1ccccc1. The van der Waals surface area contributed by atoms with Crippen LogP contribution in [0.15, 0.2) is 54.6 Å². The van der Waals surface area contributed by atoms with E-state index in [4.69, 9.17) is 11.6 Å². The number of nitrogens with one attached hydrogen (secondary N) is 2. The van der Waals surface area contributed by atoms with Gasteiger partial charge in [-0.05, 0) is 26.0 Å². The quantitative estimate of drug-likeness (QED) is 0.740. The van der Waals surface area contributed by atoms with Gasteiger partial charge in [0, 0.05) is 22.7 Å². The van der Waals surface area contributed by atoms with E-state index in [2.05, 4.69) is 10.6 Å². The molecular weight excluding hydrogens is 338 g/mol. The van der Waals surface area contributed by atoms with Crippen LogP contribution in [0, 0.1) is 0 Å². The lowest BCUT2D eigenvalue weighted by molar-refractivity contribution is -0.719. The van der Waals surface area contributed by atoms with E-state index < -0.39 is 12.1 Å². The van der Waals surface area contributed by atoms with Crippen LogP contribution in [-0.4, -0.2) is 18.5 Å². The largest absolute Gasteiger partial charge is 0.338 e. The molecule has 0 fully saturated rings. The predicted octanol–water partition coefficient (Wildman–Crippen LogP) is 2.55. The van der Waals surface area contributed by atoms with Crippen molar-refractivity contribution in [1.82, 2.24) is 10.6 Å². The van der Waals surface area contributed by atoms with Crippen molar-refractivity contribution >= 4 is 23.5 Å². The van der Waals surface area contributed by atoms with Crippen LogP contribution in [0.4, 0.5) is 4.79 Å². The molecule has 2 aromatic rings. The monoisotopic (exact) mass is 360 g/mol. The smallest absolute Gasteiger partial charge is 0.321 e. The van der Waals surface area contributed by atoms with Crippen molar-refractivity contribution in [2.45, 2.75) is 25.9 Å². The Labute approximate surface area is 152 Å². The van der Waals surface area contributed by atoms with E-state index in [1.54, 1.807) is 6.92 Å². The van der Waals surface area contributed by atoms with Crippen molar-refractivity contribution in [2.24, 2.45) is 0 Å². The van der Waals surface area contributed by atoms with Crippen molar-refractivity contribution < 1.29 is 14.9 Å². The summed E-state index contributed by atoms with van der Waals surface area (Å²) in [5.74, 6) is -0.349. The van der Waals surface area contributed by atoms with E-state index in [0.29, 0.717) is 11.6 Å². The summed E-state index contributed by atoms with van der Waals surface area (Å²) in [6, 6.07) is 15.9. The summed E-state index contributed by atoms with van der Waals surface area (Å²) in [6.07, 6.45) is 0. The summed E-state index contributed by atoms with van der Waals surface area (Å²) in [7, 11) is 0. The van der Waals surface area contributed by atoms with E-state index in [1.807, 2.05) is 66.8 Å².